The molecule has 0 bridgehead atoms. The zero-order chi connectivity index (χ0) is 25.4. The van der Waals surface area contributed by atoms with Crippen molar-refractivity contribution < 1.29 is 55.9 Å². The largest absolute Gasteiger partial charge is 0.490 e. The van der Waals surface area contributed by atoms with Crippen LogP contribution in [0.1, 0.15) is 33.9 Å². The van der Waals surface area contributed by atoms with Gasteiger partial charge in [0.1, 0.15) is 6.10 Å². The SMILES string of the molecule is C[C@@H]1C(OC(C)(C)C)[C@H](n2ccc(=O)[nH]c2=O)O[C@@H]1COP(=O)(O)OP(=O)(O)OP(=O)(O)O. The molecule has 1 aromatic heterocycles. The van der Waals surface area contributed by atoms with Gasteiger partial charge in [-0.1, -0.05) is 6.92 Å². The van der Waals surface area contributed by atoms with Crippen molar-refractivity contribution in [3.63, 3.8) is 0 Å². The van der Waals surface area contributed by atoms with E-state index < -0.39 is 71.3 Å². The van der Waals surface area contributed by atoms with Crippen molar-refractivity contribution in [2.75, 3.05) is 6.61 Å². The standard InChI is InChI=1S/C14H25N2O14P3/c1-8-9(7-26-32(22,23)30-33(24,25)29-31(19,20)21)27-12(11(8)28-14(2,3)4)16-6-5-10(17)15-13(16)18/h5-6,8-9,11-12H,7H2,1-4H3,(H,22,23)(H,24,25)(H,15,17,18)(H2,19,20,21)/t8-,9+,11?,12+/m0/s1. The van der Waals surface area contributed by atoms with Crippen LogP contribution in [0, 0.1) is 5.92 Å². The molecule has 1 aliphatic heterocycles. The summed E-state index contributed by atoms with van der Waals surface area (Å²) < 4.78 is 58.9. The van der Waals surface area contributed by atoms with E-state index in [2.05, 4.69) is 18.1 Å². The fourth-order valence-corrected chi connectivity index (χ4v) is 5.97. The Kier molecular flexibility index (Phi) is 8.51. The van der Waals surface area contributed by atoms with Crippen LogP contribution in [-0.4, -0.2) is 53.5 Å². The second-order valence-corrected chi connectivity index (χ2v) is 12.4. The number of aromatic nitrogens is 2. The molecule has 5 N–H and O–H groups in total. The van der Waals surface area contributed by atoms with Crippen LogP contribution in [-0.2, 0) is 36.3 Å². The highest BCUT2D eigenvalue weighted by molar-refractivity contribution is 7.66. The fraction of sp³-hybridized carbons (Fsp3) is 0.714. The van der Waals surface area contributed by atoms with E-state index in [0.717, 1.165) is 10.6 Å². The summed E-state index contributed by atoms with van der Waals surface area (Å²) >= 11 is 0. The molecular weight excluding hydrogens is 513 g/mol. The number of phosphoric acid groups is 3. The third-order valence-electron chi connectivity index (χ3n) is 4.13. The Morgan fingerprint density at radius 2 is 1.70 bits per heavy atom. The molecule has 1 fully saturated rings. The van der Waals surface area contributed by atoms with Gasteiger partial charge in [0.15, 0.2) is 6.23 Å². The summed E-state index contributed by atoms with van der Waals surface area (Å²) in [4.78, 5) is 61.7. The van der Waals surface area contributed by atoms with Gasteiger partial charge >= 0.3 is 29.2 Å². The fourth-order valence-electron chi connectivity index (χ4n) is 2.94. The number of rotatable bonds is 9. The lowest BCUT2D eigenvalue weighted by molar-refractivity contribution is -0.122. The molecule has 19 heteroatoms. The van der Waals surface area contributed by atoms with Gasteiger partial charge < -0.3 is 29.0 Å². The third-order valence-corrected chi connectivity index (χ3v) is 7.94. The summed E-state index contributed by atoms with van der Waals surface area (Å²) in [5, 5.41) is 0. The highest BCUT2D eigenvalue weighted by atomic mass is 31.3. The molecule has 1 aromatic rings. The van der Waals surface area contributed by atoms with Gasteiger partial charge in [-0.2, -0.15) is 8.62 Å². The van der Waals surface area contributed by atoms with Gasteiger partial charge in [0.05, 0.1) is 18.3 Å². The molecule has 16 nitrogen and oxygen atoms in total. The predicted octanol–water partition coefficient (Wildman–Crippen LogP) is 0.597. The minimum absolute atomic E-state index is 0.583. The number of ether oxygens (including phenoxy) is 2. The van der Waals surface area contributed by atoms with Crippen molar-refractivity contribution in [2.24, 2.45) is 5.92 Å². The lowest BCUT2D eigenvalue weighted by Gasteiger charge is -2.30. The second-order valence-electron chi connectivity index (χ2n) is 8.02. The minimum Gasteiger partial charge on any atom is -0.368 e. The normalized spacial score (nSPS) is 27.8. The van der Waals surface area contributed by atoms with E-state index in [0.29, 0.717) is 0 Å². The first-order valence-corrected chi connectivity index (χ1v) is 13.7. The second kappa shape index (κ2) is 9.94. The van der Waals surface area contributed by atoms with E-state index in [1.54, 1.807) is 27.7 Å². The monoisotopic (exact) mass is 538 g/mol. The van der Waals surface area contributed by atoms with Crippen molar-refractivity contribution in [1.82, 2.24) is 9.55 Å². The zero-order valence-electron chi connectivity index (χ0n) is 17.8. The molecule has 0 aromatic carbocycles. The maximum absolute atomic E-state index is 12.2. The van der Waals surface area contributed by atoms with Crippen LogP contribution in [0.4, 0.5) is 0 Å². The average Bonchev–Trinajstić information content (AvgIpc) is 2.84. The van der Waals surface area contributed by atoms with E-state index in [9.17, 15) is 33.1 Å². The number of phosphoric ester groups is 1. The number of hydrogen-bond acceptors (Lipinski definition) is 10. The first kappa shape index (κ1) is 28.2. The molecule has 0 amide bonds. The van der Waals surface area contributed by atoms with E-state index in [1.807, 2.05) is 0 Å². The quantitative estimate of drug-likeness (QED) is 0.271. The Bertz CT molecular complexity index is 1100. The molecule has 3 unspecified atom stereocenters. The summed E-state index contributed by atoms with van der Waals surface area (Å²) in [7, 11) is -16.6. The summed E-state index contributed by atoms with van der Waals surface area (Å²) in [5.74, 6) is -0.583. The summed E-state index contributed by atoms with van der Waals surface area (Å²) in [6.07, 6.45) is -1.73. The molecule has 0 aliphatic carbocycles. The van der Waals surface area contributed by atoms with Crippen LogP contribution in [0.5, 0.6) is 0 Å². The number of H-pyrrole nitrogens is 1. The lowest BCUT2D eigenvalue weighted by Crippen LogP contribution is -2.40. The van der Waals surface area contributed by atoms with Crippen molar-refractivity contribution in [1.29, 1.82) is 0 Å². The van der Waals surface area contributed by atoms with Gasteiger partial charge in [0.2, 0.25) is 0 Å². The zero-order valence-corrected chi connectivity index (χ0v) is 20.5. The van der Waals surface area contributed by atoms with Gasteiger partial charge in [-0.3, -0.25) is 18.9 Å². The molecule has 0 spiro atoms. The van der Waals surface area contributed by atoms with Crippen LogP contribution < -0.4 is 11.2 Å². The van der Waals surface area contributed by atoms with Crippen LogP contribution >= 0.6 is 23.5 Å². The molecule has 2 rings (SSSR count). The van der Waals surface area contributed by atoms with Crippen molar-refractivity contribution in [3.8, 4) is 0 Å². The van der Waals surface area contributed by atoms with E-state index >= 15 is 0 Å². The minimum atomic E-state index is -5.67. The predicted molar refractivity (Wildman–Crippen MR) is 109 cm³/mol. The Morgan fingerprint density at radius 1 is 1.09 bits per heavy atom. The Balaban J connectivity index is 2.21. The summed E-state index contributed by atoms with van der Waals surface area (Å²) in [6, 6.07) is 1.09. The van der Waals surface area contributed by atoms with Crippen LogP contribution in [0.15, 0.2) is 21.9 Å². The number of hydrogen-bond donors (Lipinski definition) is 5. The first-order chi connectivity index (χ1) is 14.8. The van der Waals surface area contributed by atoms with E-state index in [4.69, 9.17) is 19.3 Å². The van der Waals surface area contributed by atoms with E-state index in [-0.39, 0.29) is 0 Å². The van der Waals surface area contributed by atoms with E-state index in [1.165, 1.54) is 6.20 Å². The Morgan fingerprint density at radius 3 is 2.21 bits per heavy atom. The average molecular weight is 538 g/mol. The topological polar surface area (TPSA) is 233 Å². The molecule has 2 heterocycles. The molecule has 190 valence electrons. The molecule has 1 aliphatic rings. The van der Waals surface area contributed by atoms with Crippen molar-refractivity contribution >= 4 is 23.5 Å². The van der Waals surface area contributed by atoms with Gasteiger partial charge in [0.25, 0.3) is 5.56 Å². The van der Waals surface area contributed by atoms with Crippen molar-refractivity contribution in [3.05, 3.63) is 33.1 Å². The maximum Gasteiger partial charge on any atom is 0.490 e. The Labute approximate surface area is 186 Å². The van der Waals surface area contributed by atoms with Gasteiger partial charge in [0, 0.05) is 18.2 Å². The van der Waals surface area contributed by atoms with Gasteiger partial charge in [-0.05, 0) is 20.8 Å². The Hall–Kier alpha value is -0.990. The number of nitrogens with one attached hydrogen (secondary N) is 1. The summed E-state index contributed by atoms with van der Waals surface area (Å²) in [5.41, 5.74) is -2.14. The lowest BCUT2D eigenvalue weighted by atomic mass is 9.99. The van der Waals surface area contributed by atoms with Gasteiger partial charge in [-0.25, -0.2) is 18.5 Å². The summed E-state index contributed by atoms with van der Waals surface area (Å²) in [6.45, 7) is 6.13. The van der Waals surface area contributed by atoms with Crippen LogP contribution in [0.25, 0.3) is 0 Å². The van der Waals surface area contributed by atoms with Crippen LogP contribution in [0.2, 0.25) is 0 Å². The molecule has 33 heavy (non-hydrogen) atoms. The molecule has 1 saturated heterocycles. The molecular formula is C14H25N2O14P3. The molecule has 0 saturated carbocycles. The highest BCUT2D eigenvalue weighted by Crippen LogP contribution is 2.66. The maximum atomic E-state index is 12.2. The molecule has 0 radical (unpaired) electrons. The highest BCUT2D eigenvalue weighted by Gasteiger charge is 2.47. The molecule has 6 atom stereocenters. The number of nitrogens with zero attached hydrogens (tertiary/aromatic N) is 1. The van der Waals surface area contributed by atoms with Crippen LogP contribution in [0.3, 0.4) is 0 Å². The first-order valence-electron chi connectivity index (χ1n) is 9.22. The van der Waals surface area contributed by atoms with Crippen molar-refractivity contribution in [2.45, 2.75) is 51.7 Å². The number of aromatic amines is 1. The third kappa shape index (κ3) is 8.62. The smallest absolute Gasteiger partial charge is 0.368 e. The van der Waals surface area contributed by atoms with Gasteiger partial charge in [-0.15, -0.1) is 0 Å².